The van der Waals surface area contributed by atoms with Crippen molar-refractivity contribution in [3.05, 3.63) is 18.7 Å². The first-order chi connectivity index (χ1) is 7.12. The van der Waals surface area contributed by atoms with Crippen molar-refractivity contribution in [3.63, 3.8) is 0 Å². The third kappa shape index (κ3) is 2.83. The van der Waals surface area contributed by atoms with Gasteiger partial charge in [-0.3, -0.25) is 0 Å². The molecule has 0 aromatic carbocycles. The van der Waals surface area contributed by atoms with E-state index in [0.717, 1.165) is 5.92 Å². The van der Waals surface area contributed by atoms with Crippen LogP contribution in [0.5, 0.6) is 0 Å². The molecule has 1 aromatic heterocycles. The van der Waals surface area contributed by atoms with Gasteiger partial charge in [0, 0.05) is 17.9 Å². The number of unbranched alkanes of at least 4 members (excludes halogenated alkanes) is 1. The Balaban J connectivity index is 2.73. The largest absolute Gasteiger partial charge is 0.332 e. The standard InChI is InChI=1S/C13H24N2/c1-5-7-8-12(6-2)13(3,4)15-10-9-14-11-15/h9-12H,5-8H2,1-4H3/t12-/m0/s1. The molecule has 15 heavy (non-hydrogen) atoms. The summed E-state index contributed by atoms with van der Waals surface area (Å²) in [6, 6.07) is 0. The van der Waals surface area contributed by atoms with Crippen LogP contribution in [0.15, 0.2) is 18.7 Å². The van der Waals surface area contributed by atoms with E-state index >= 15 is 0 Å². The van der Waals surface area contributed by atoms with Crippen LogP contribution in [0.2, 0.25) is 0 Å². The van der Waals surface area contributed by atoms with Gasteiger partial charge in [0.2, 0.25) is 0 Å². The van der Waals surface area contributed by atoms with Crippen LogP contribution in [0.3, 0.4) is 0 Å². The van der Waals surface area contributed by atoms with Crippen molar-refractivity contribution in [2.75, 3.05) is 0 Å². The van der Waals surface area contributed by atoms with Crippen LogP contribution >= 0.6 is 0 Å². The Hall–Kier alpha value is -0.790. The average molecular weight is 208 g/mol. The van der Waals surface area contributed by atoms with Gasteiger partial charge in [-0.05, 0) is 26.2 Å². The highest BCUT2D eigenvalue weighted by Gasteiger charge is 2.28. The molecule has 0 aliphatic carbocycles. The molecule has 1 heterocycles. The summed E-state index contributed by atoms with van der Waals surface area (Å²) in [7, 11) is 0. The van der Waals surface area contributed by atoms with Crippen LogP contribution in [0.25, 0.3) is 0 Å². The van der Waals surface area contributed by atoms with Gasteiger partial charge in [-0.2, -0.15) is 0 Å². The second-order valence-electron chi connectivity index (χ2n) is 4.87. The van der Waals surface area contributed by atoms with Gasteiger partial charge in [0.15, 0.2) is 0 Å². The van der Waals surface area contributed by atoms with E-state index in [4.69, 9.17) is 0 Å². The van der Waals surface area contributed by atoms with Crippen molar-refractivity contribution >= 4 is 0 Å². The summed E-state index contributed by atoms with van der Waals surface area (Å²) in [5.74, 6) is 0.742. The minimum atomic E-state index is 0.195. The van der Waals surface area contributed by atoms with Gasteiger partial charge in [0.1, 0.15) is 0 Å². The minimum Gasteiger partial charge on any atom is -0.332 e. The zero-order valence-corrected chi connectivity index (χ0v) is 10.5. The lowest BCUT2D eigenvalue weighted by Gasteiger charge is -2.35. The van der Waals surface area contributed by atoms with E-state index < -0.39 is 0 Å². The van der Waals surface area contributed by atoms with Gasteiger partial charge in [-0.25, -0.2) is 4.98 Å². The zero-order valence-electron chi connectivity index (χ0n) is 10.5. The topological polar surface area (TPSA) is 17.8 Å². The molecule has 1 aromatic rings. The Bertz CT molecular complexity index is 262. The normalized spacial score (nSPS) is 14.1. The fourth-order valence-electron chi connectivity index (χ4n) is 2.32. The predicted molar refractivity (Wildman–Crippen MR) is 64.9 cm³/mol. The van der Waals surface area contributed by atoms with E-state index in [1.807, 2.05) is 12.5 Å². The van der Waals surface area contributed by atoms with E-state index in [2.05, 4.69) is 43.4 Å². The van der Waals surface area contributed by atoms with Gasteiger partial charge in [0.25, 0.3) is 0 Å². The van der Waals surface area contributed by atoms with Crippen molar-refractivity contribution in [3.8, 4) is 0 Å². The van der Waals surface area contributed by atoms with Crippen LogP contribution in [0.1, 0.15) is 53.4 Å². The van der Waals surface area contributed by atoms with Crippen molar-refractivity contribution in [1.82, 2.24) is 9.55 Å². The van der Waals surface area contributed by atoms with Gasteiger partial charge >= 0.3 is 0 Å². The second-order valence-corrected chi connectivity index (χ2v) is 4.87. The molecule has 0 N–H and O–H groups in total. The number of rotatable bonds is 6. The highest BCUT2D eigenvalue weighted by molar-refractivity contribution is 4.90. The summed E-state index contributed by atoms with van der Waals surface area (Å²) in [6.07, 6.45) is 11.1. The fraction of sp³-hybridized carbons (Fsp3) is 0.769. The Morgan fingerprint density at radius 3 is 2.53 bits per heavy atom. The Morgan fingerprint density at radius 1 is 1.33 bits per heavy atom. The van der Waals surface area contributed by atoms with Crippen molar-refractivity contribution in [1.29, 1.82) is 0 Å². The van der Waals surface area contributed by atoms with E-state index in [9.17, 15) is 0 Å². The summed E-state index contributed by atoms with van der Waals surface area (Å²) in [5.41, 5.74) is 0.195. The fourth-order valence-corrected chi connectivity index (χ4v) is 2.32. The number of hydrogen-bond acceptors (Lipinski definition) is 1. The lowest BCUT2D eigenvalue weighted by Crippen LogP contribution is -2.34. The number of aromatic nitrogens is 2. The number of hydrogen-bond donors (Lipinski definition) is 0. The predicted octanol–water partition coefficient (Wildman–Crippen LogP) is 3.83. The van der Waals surface area contributed by atoms with Crippen molar-refractivity contribution in [2.45, 2.75) is 58.9 Å². The van der Waals surface area contributed by atoms with E-state index in [0.29, 0.717) is 0 Å². The molecule has 0 fully saturated rings. The molecule has 0 saturated heterocycles. The lowest BCUT2D eigenvalue weighted by atomic mass is 9.81. The molecule has 1 rings (SSSR count). The Kier molecular flexibility index (Phi) is 4.37. The minimum absolute atomic E-state index is 0.195. The molecule has 2 nitrogen and oxygen atoms in total. The molecule has 0 spiro atoms. The summed E-state index contributed by atoms with van der Waals surface area (Å²) in [4.78, 5) is 4.15. The summed E-state index contributed by atoms with van der Waals surface area (Å²) >= 11 is 0. The molecule has 0 amide bonds. The Labute approximate surface area is 93.7 Å². The molecular weight excluding hydrogens is 184 g/mol. The second kappa shape index (κ2) is 5.34. The van der Waals surface area contributed by atoms with Gasteiger partial charge in [0.05, 0.1) is 6.33 Å². The van der Waals surface area contributed by atoms with Crippen LogP contribution in [-0.2, 0) is 5.54 Å². The SMILES string of the molecule is CCCC[C@H](CC)C(C)(C)n1ccnc1. The Morgan fingerprint density at radius 2 is 2.07 bits per heavy atom. The number of nitrogens with zero attached hydrogens (tertiary/aromatic N) is 2. The third-order valence-corrected chi connectivity index (χ3v) is 3.57. The monoisotopic (exact) mass is 208 g/mol. The maximum absolute atomic E-state index is 4.15. The van der Waals surface area contributed by atoms with Crippen molar-refractivity contribution < 1.29 is 0 Å². The smallest absolute Gasteiger partial charge is 0.0951 e. The van der Waals surface area contributed by atoms with Gasteiger partial charge < -0.3 is 4.57 Å². The summed E-state index contributed by atoms with van der Waals surface area (Å²) in [5, 5.41) is 0. The average Bonchev–Trinajstić information content (AvgIpc) is 2.72. The molecule has 0 unspecified atom stereocenters. The molecular formula is C13H24N2. The summed E-state index contributed by atoms with van der Waals surface area (Å²) < 4.78 is 2.25. The van der Waals surface area contributed by atoms with Crippen LogP contribution < -0.4 is 0 Å². The molecule has 2 heteroatoms. The molecule has 0 bridgehead atoms. The maximum Gasteiger partial charge on any atom is 0.0951 e. The lowest BCUT2D eigenvalue weighted by molar-refractivity contribution is 0.192. The van der Waals surface area contributed by atoms with E-state index in [1.165, 1.54) is 25.7 Å². The quantitative estimate of drug-likeness (QED) is 0.694. The molecule has 0 aliphatic rings. The highest BCUT2D eigenvalue weighted by atomic mass is 15.1. The molecule has 0 radical (unpaired) electrons. The number of imidazole rings is 1. The molecule has 1 atom stereocenters. The van der Waals surface area contributed by atoms with E-state index in [1.54, 1.807) is 0 Å². The van der Waals surface area contributed by atoms with Crippen LogP contribution in [0.4, 0.5) is 0 Å². The zero-order chi connectivity index (χ0) is 11.3. The third-order valence-electron chi connectivity index (χ3n) is 3.57. The first kappa shape index (κ1) is 12.3. The van der Waals surface area contributed by atoms with Crippen LogP contribution in [-0.4, -0.2) is 9.55 Å². The first-order valence-electron chi connectivity index (χ1n) is 6.11. The van der Waals surface area contributed by atoms with Crippen LogP contribution in [0, 0.1) is 5.92 Å². The summed E-state index contributed by atoms with van der Waals surface area (Å²) in [6.45, 7) is 9.19. The van der Waals surface area contributed by atoms with Crippen molar-refractivity contribution in [2.24, 2.45) is 5.92 Å². The molecule has 86 valence electrons. The molecule has 0 aliphatic heterocycles. The maximum atomic E-state index is 4.15. The highest BCUT2D eigenvalue weighted by Crippen LogP contribution is 2.31. The van der Waals surface area contributed by atoms with E-state index in [-0.39, 0.29) is 5.54 Å². The molecule has 0 saturated carbocycles. The van der Waals surface area contributed by atoms with Gasteiger partial charge in [-0.15, -0.1) is 0 Å². The van der Waals surface area contributed by atoms with Gasteiger partial charge in [-0.1, -0.05) is 33.1 Å². The first-order valence-corrected chi connectivity index (χ1v) is 6.11.